The molecule has 1 aromatic heterocycles. The molecule has 1 fully saturated rings. The Morgan fingerprint density at radius 2 is 1.88 bits per heavy atom. The van der Waals surface area contributed by atoms with Crippen molar-refractivity contribution in [3.63, 3.8) is 0 Å². The van der Waals surface area contributed by atoms with E-state index >= 15 is 0 Å². The minimum Gasteiger partial charge on any atom is -0.373 e. The van der Waals surface area contributed by atoms with Crippen molar-refractivity contribution in [1.29, 1.82) is 5.26 Å². The first kappa shape index (κ1) is 16.4. The fourth-order valence-electron chi connectivity index (χ4n) is 2.97. The van der Waals surface area contributed by atoms with E-state index in [0.717, 1.165) is 37.2 Å². The van der Waals surface area contributed by atoms with Crippen LogP contribution in [0.15, 0.2) is 30.3 Å². The van der Waals surface area contributed by atoms with Gasteiger partial charge in [0.25, 0.3) is 0 Å². The summed E-state index contributed by atoms with van der Waals surface area (Å²) in [5.41, 5.74) is 3.58. The van der Waals surface area contributed by atoms with Crippen molar-refractivity contribution in [2.24, 2.45) is 0 Å². The Balaban J connectivity index is 1.60. The molecule has 0 N–H and O–H groups in total. The molecule has 24 heavy (non-hydrogen) atoms. The molecule has 3 rings (SSSR count). The molecule has 124 valence electrons. The number of hydrogen-bond acceptors (Lipinski definition) is 5. The van der Waals surface area contributed by atoms with Crippen LogP contribution in [0.4, 0.5) is 5.82 Å². The van der Waals surface area contributed by atoms with E-state index in [1.807, 2.05) is 32.0 Å². The van der Waals surface area contributed by atoms with Crippen molar-refractivity contribution < 1.29 is 4.74 Å². The van der Waals surface area contributed by atoms with Gasteiger partial charge in [0.1, 0.15) is 11.6 Å². The lowest BCUT2D eigenvalue weighted by Gasteiger charge is -2.33. The zero-order valence-corrected chi connectivity index (χ0v) is 14.2. The molecular weight excluding hydrogens is 300 g/mol. The van der Waals surface area contributed by atoms with E-state index in [0.29, 0.717) is 18.0 Å². The summed E-state index contributed by atoms with van der Waals surface area (Å²) in [6.07, 6.45) is 2.13. The van der Waals surface area contributed by atoms with Crippen molar-refractivity contribution in [2.45, 2.75) is 39.4 Å². The predicted octanol–water partition coefficient (Wildman–Crippen LogP) is 3.15. The van der Waals surface area contributed by atoms with Gasteiger partial charge < -0.3 is 9.64 Å². The molecule has 5 nitrogen and oxygen atoms in total. The average molecular weight is 322 g/mol. The Bertz CT molecular complexity index is 731. The maximum absolute atomic E-state index is 9.45. The zero-order valence-electron chi connectivity index (χ0n) is 14.2. The smallest absolute Gasteiger partial charge is 0.169 e. The van der Waals surface area contributed by atoms with Gasteiger partial charge in [-0.1, -0.05) is 30.3 Å². The van der Waals surface area contributed by atoms with Gasteiger partial charge in [-0.05, 0) is 37.8 Å². The lowest BCUT2D eigenvalue weighted by molar-refractivity contribution is 0.0250. The average Bonchev–Trinajstić information content (AvgIpc) is 2.63. The Morgan fingerprint density at radius 1 is 1.17 bits per heavy atom. The fourth-order valence-corrected chi connectivity index (χ4v) is 2.97. The topological polar surface area (TPSA) is 62.0 Å². The lowest BCUT2D eigenvalue weighted by Crippen LogP contribution is -2.38. The van der Waals surface area contributed by atoms with Gasteiger partial charge in [-0.15, -0.1) is 5.10 Å². The minimum absolute atomic E-state index is 0.256. The monoisotopic (exact) mass is 322 g/mol. The molecule has 1 aliphatic rings. The molecule has 2 heterocycles. The van der Waals surface area contributed by atoms with E-state index in [2.05, 4.69) is 33.3 Å². The van der Waals surface area contributed by atoms with E-state index in [1.54, 1.807) is 0 Å². The van der Waals surface area contributed by atoms with Crippen LogP contribution >= 0.6 is 0 Å². The molecule has 0 aliphatic carbocycles. The highest BCUT2D eigenvalue weighted by atomic mass is 16.5. The molecule has 5 heteroatoms. The van der Waals surface area contributed by atoms with E-state index < -0.39 is 0 Å². The summed E-state index contributed by atoms with van der Waals surface area (Å²) in [6, 6.07) is 12.5. The van der Waals surface area contributed by atoms with Crippen molar-refractivity contribution in [3.05, 3.63) is 52.7 Å². The first-order valence-corrected chi connectivity index (χ1v) is 8.33. The number of aryl methyl sites for hydroxylation is 1. The number of piperidine rings is 1. The Labute approximate surface area is 142 Å². The summed E-state index contributed by atoms with van der Waals surface area (Å²) in [6.45, 7) is 6.15. The predicted molar refractivity (Wildman–Crippen MR) is 92.7 cm³/mol. The summed E-state index contributed by atoms with van der Waals surface area (Å²) in [5.74, 6) is 0.710. The SMILES string of the molecule is Cc1nnc(N2CCC(OCc3ccccc3)CC2)c(C#N)c1C. The standard InChI is InChI=1S/C19H22N4O/c1-14-15(2)21-22-19(18(14)12-20)23-10-8-17(9-11-23)24-13-16-6-4-3-5-7-16/h3-7,17H,8-11,13H2,1-2H3. The van der Waals surface area contributed by atoms with Crippen LogP contribution in [0.1, 0.15) is 35.2 Å². The highest BCUT2D eigenvalue weighted by Gasteiger charge is 2.24. The van der Waals surface area contributed by atoms with Crippen LogP contribution in [0, 0.1) is 25.2 Å². The minimum atomic E-state index is 0.256. The lowest BCUT2D eigenvalue weighted by atomic mass is 10.1. The molecular formula is C19H22N4O. The highest BCUT2D eigenvalue weighted by Crippen LogP contribution is 2.25. The molecule has 0 unspecified atom stereocenters. The molecule has 0 saturated carbocycles. The second kappa shape index (κ2) is 7.41. The quantitative estimate of drug-likeness (QED) is 0.865. The maximum atomic E-state index is 9.45. The third-order valence-corrected chi connectivity index (χ3v) is 4.62. The van der Waals surface area contributed by atoms with Crippen LogP contribution in [-0.4, -0.2) is 29.4 Å². The molecule has 1 saturated heterocycles. The summed E-state index contributed by atoms with van der Waals surface area (Å²) in [4.78, 5) is 2.15. The Hall–Kier alpha value is -2.45. The summed E-state index contributed by atoms with van der Waals surface area (Å²) < 4.78 is 6.02. The second-order valence-corrected chi connectivity index (χ2v) is 6.20. The van der Waals surface area contributed by atoms with Crippen LogP contribution in [0.5, 0.6) is 0 Å². The van der Waals surface area contributed by atoms with Crippen LogP contribution in [0.3, 0.4) is 0 Å². The first-order valence-electron chi connectivity index (χ1n) is 8.33. The van der Waals surface area contributed by atoms with Gasteiger partial charge in [0.15, 0.2) is 5.82 Å². The van der Waals surface area contributed by atoms with Crippen molar-refractivity contribution in [2.75, 3.05) is 18.0 Å². The van der Waals surface area contributed by atoms with E-state index in [-0.39, 0.29) is 6.10 Å². The van der Waals surface area contributed by atoms with E-state index in [4.69, 9.17) is 4.74 Å². The van der Waals surface area contributed by atoms with Crippen LogP contribution < -0.4 is 4.90 Å². The Morgan fingerprint density at radius 3 is 2.54 bits per heavy atom. The van der Waals surface area contributed by atoms with Gasteiger partial charge in [-0.2, -0.15) is 10.4 Å². The molecule has 0 amide bonds. The van der Waals surface area contributed by atoms with Crippen molar-refractivity contribution >= 4 is 5.82 Å². The number of ether oxygens (including phenoxy) is 1. The van der Waals surface area contributed by atoms with E-state index in [1.165, 1.54) is 5.56 Å². The number of aromatic nitrogens is 2. The first-order chi connectivity index (χ1) is 11.7. The summed E-state index contributed by atoms with van der Waals surface area (Å²) >= 11 is 0. The van der Waals surface area contributed by atoms with Gasteiger partial charge in [-0.3, -0.25) is 0 Å². The van der Waals surface area contributed by atoms with Crippen molar-refractivity contribution in [3.8, 4) is 6.07 Å². The number of rotatable bonds is 4. The van der Waals surface area contributed by atoms with Gasteiger partial charge in [-0.25, -0.2) is 0 Å². The fraction of sp³-hybridized carbons (Fsp3) is 0.421. The van der Waals surface area contributed by atoms with Gasteiger partial charge in [0.05, 0.1) is 18.4 Å². The third kappa shape index (κ3) is 3.55. The molecule has 0 bridgehead atoms. The summed E-state index contributed by atoms with van der Waals surface area (Å²) in [7, 11) is 0. The molecule has 1 aliphatic heterocycles. The molecule has 0 radical (unpaired) electrons. The van der Waals surface area contributed by atoms with Gasteiger partial charge in [0, 0.05) is 13.1 Å². The second-order valence-electron chi connectivity index (χ2n) is 6.20. The zero-order chi connectivity index (χ0) is 16.9. The number of hydrogen-bond donors (Lipinski definition) is 0. The maximum Gasteiger partial charge on any atom is 0.169 e. The van der Waals surface area contributed by atoms with Crippen LogP contribution in [0.2, 0.25) is 0 Å². The normalized spacial score (nSPS) is 15.3. The van der Waals surface area contributed by atoms with Crippen LogP contribution in [-0.2, 0) is 11.3 Å². The molecule has 0 atom stereocenters. The van der Waals surface area contributed by atoms with Gasteiger partial charge in [0.2, 0.25) is 0 Å². The number of nitrogens with zero attached hydrogens (tertiary/aromatic N) is 4. The van der Waals surface area contributed by atoms with Crippen LogP contribution in [0.25, 0.3) is 0 Å². The largest absolute Gasteiger partial charge is 0.373 e. The highest BCUT2D eigenvalue weighted by molar-refractivity contribution is 5.57. The van der Waals surface area contributed by atoms with E-state index in [9.17, 15) is 5.26 Å². The third-order valence-electron chi connectivity index (χ3n) is 4.62. The molecule has 2 aromatic rings. The summed E-state index contributed by atoms with van der Waals surface area (Å²) in [5, 5.41) is 17.9. The number of benzene rings is 1. The molecule has 1 aromatic carbocycles. The number of nitriles is 1. The number of anilines is 1. The Kier molecular flexibility index (Phi) is 5.07. The molecule has 0 spiro atoms. The van der Waals surface area contributed by atoms with Crippen molar-refractivity contribution in [1.82, 2.24) is 10.2 Å². The van der Waals surface area contributed by atoms with Gasteiger partial charge >= 0.3 is 0 Å².